The molecule has 1 aliphatic rings. The van der Waals surface area contributed by atoms with E-state index in [4.69, 9.17) is 21.7 Å². The zero-order valence-electron chi connectivity index (χ0n) is 14.9. The highest BCUT2D eigenvalue weighted by atomic mass is 32.2. The second-order valence-corrected chi connectivity index (χ2v) is 7.46. The van der Waals surface area contributed by atoms with Crippen LogP contribution in [0.3, 0.4) is 0 Å². The van der Waals surface area contributed by atoms with Gasteiger partial charge in [0.1, 0.15) is 22.4 Å². The third kappa shape index (κ3) is 4.78. The largest absolute Gasteiger partial charge is 0.497 e. The lowest BCUT2D eigenvalue weighted by Gasteiger charge is -2.14. The second-order valence-electron chi connectivity index (χ2n) is 5.78. The normalized spacial score (nSPS) is 15.3. The van der Waals surface area contributed by atoms with E-state index in [0.717, 1.165) is 22.6 Å². The summed E-state index contributed by atoms with van der Waals surface area (Å²) in [5, 5.41) is 0. The minimum Gasteiger partial charge on any atom is -0.497 e. The van der Waals surface area contributed by atoms with Crippen LogP contribution in [0.2, 0.25) is 0 Å². The number of benzene rings is 2. The number of methoxy groups -OCH3 is 1. The van der Waals surface area contributed by atoms with Gasteiger partial charge in [-0.3, -0.25) is 9.69 Å². The first-order valence-electron chi connectivity index (χ1n) is 8.33. The van der Waals surface area contributed by atoms with Crippen LogP contribution < -0.4 is 9.47 Å². The van der Waals surface area contributed by atoms with Crippen LogP contribution in [0.1, 0.15) is 11.1 Å². The molecule has 138 valence electrons. The van der Waals surface area contributed by atoms with E-state index in [1.807, 2.05) is 54.6 Å². The maximum atomic E-state index is 12.7. The predicted octanol–water partition coefficient (Wildman–Crippen LogP) is 4.66. The average molecular weight is 398 g/mol. The van der Waals surface area contributed by atoms with Crippen LogP contribution in [0.5, 0.6) is 11.5 Å². The minimum atomic E-state index is -0.0761. The lowest BCUT2D eigenvalue weighted by atomic mass is 10.2. The molecule has 0 atom stereocenters. The fourth-order valence-corrected chi connectivity index (χ4v) is 3.77. The number of thiocarbonyl (C=S) groups is 1. The van der Waals surface area contributed by atoms with Crippen LogP contribution in [0.15, 0.2) is 66.1 Å². The Labute approximate surface area is 168 Å². The van der Waals surface area contributed by atoms with E-state index in [-0.39, 0.29) is 5.91 Å². The average Bonchev–Trinajstić information content (AvgIpc) is 2.95. The van der Waals surface area contributed by atoms with E-state index in [2.05, 4.69) is 6.58 Å². The van der Waals surface area contributed by atoms with Gasteiger partial charge in [-0.15, -0.1) is 0 Å². The number of carbonyl (C=O) groups excluding carboxylic acids is 1. The van der Waals surface area contributed by atoms with Crippen LogP contribution >= 0.6 is 24.0 Å². The van der Waals surface area contributed by atoms with Gasteiger partial charge in [-0.25, -0.2) is 0 Å². The van der Waals surface area contributed by atoms with E-state index >= 15 is 0 Å². The topological polar surface area (TPSA) is 38.8 Å². The Hall–Kier alpha value is -2.57. The maximum Gasteiger partial charge on any atom is 0.266 e. The van der Waals surface area contributed by atoms with Crippen LogP contribution in [-0.2, 0) is 11.3 Å². The minimum absolute atomic E-state index is 0.0761. The summed E-state index contributed by atoms with van der Waals surface area (Å²) in [5.74, 6) is 1.47. The molecule has 1 aliphatic heterocycles. The summed E-state index contributed by atoms with van der Waals surface area (Å²) < 4.78 is 11.2. The van der Waals surface area contributed by atoms with Crippen LogP contribution in [-0.4, -0.2) is 28.8 Å². The first kappa shape index (κ1) is 19.2. The van der Waals surface area contributed by atoms with Crippen LogP contribution in [0.4, 0.5) is 0 Å². The number of carbonyl (C=O) groups is 1. The smallest absolute Gasteiger partial charge is 0.266 e. The highest BCUT2D eigenvalue weighted by Gasteiger charge is 2.31. The fraction of sp³-hybridized carbons (Fsp3) is 0.143. The van der Waals surface area contributed by atoms with Gasteiger partial charge in [-0.2, -0.15) is 0 Å². The lowest BCUT2D eigenvalue weighted by Crippen LogP contribution is -2.27. The quantitative estimate of drug-likeness (QED) is 0.386. The molecule has 3 rings (SSSR count). The van der Waals surface area contributed by atoms with Gasteiger partial charge < -0.3 is 9.47 Å². The molecule has 27 heavy (non-hydrogen) atoms. The van der Waals surface area contributed by atoms with Gasteiger partial charge in [0.25, 0.3) is 5.91 Å². The molecule has 0 radical (unpaired) electrons. The number of hydrogen-bond acceptors (Lipinski definition) is 5. The molecule has 6 heteroatoms. The molecule has 0 unspecified atom stereocenters. The van der Waals surface area contributed by atoms with E-state index in [1.54, 1.807) is 18.1 Å². The zero-order chi connectivity index (χ0) is 19.2. The SMILES string of the molecule is C=CCOc1ccc(/C=C2\SC(=S)N(Cc3ccc(OC)cc3)C2=O)cc1. The Balaban J connectivity index is 1.70. The molecule has 0 bridgehead atoms. The highest BCUT2D eigenvalue weighted by molar-refractivity contribution is 8.26. The lowest BCUT2D eigenvalue weighted by molar-refractivity contribution is -0.122. The molecule has 0 saturated carbocycles. The van der Waals surface area contributed by atoms with Crippen molar-refractivity contribution in [1.29, 1.82) is 0 Å². The standard InChI is InChI=1S/C21H19NO3S2/c1-3-12-25-18-10-4-15(5-11-18)13-19-20(23)22(21(26)27-19)14-16-6-8-17(24-2)9-7-16/h3-11,13H,1,12,14H2,2H3/b19-13-. The monoisotopic (exact) mass is 397 g/mol. The molecule has 0 N–H and O–H groups in total. The summed E-state index contributed by atoms with van der Waals surface area (Å²) in [7, 11) is 1.62. The fourth-order valence-electron chi connectivity index (χ4n) is 2.52. The first-order chi connectivity index (χ1) is 13.1. The van der Waals surface area contributed by atoms with Crippen molar-refractivity contribution in [1.82, 2.24) is 4.90 Å². The van der Waals surface area contributed by atoms with Crippen LogP contribution in [0, 0.1) is 0 Å². The maximum absolute atomic E-state index is 12.7. The third-order valence-corrected chi connectivity index (χ3v) is 5.30. The molecule has 0 aliphatic carbocycles. The van der Waals surface area contributed by atoms with Crippen molar-refractivity contribution in [2.24, 2.45) is 0 Å². The van der Waals surface area contributed by atoms with Crippen molar-refractivity contribution in [3.05, 3.63) is 77.2 Å². The number of amides is 1. The van der Waals surface area contributed by atoms with Crippen molar-refractivity contribution in [2.45, 2.75) is 6.54 Å². The zero-order valence-corrected chi connectivity index (χ0v) is 16.5. The molecule has 1 fully saturated rings. The molecular formula is C21H19NO3S2. The molecule has 2 aromatic carbocycles. The number of ether oxygens (including phenoxy) is 2. The van der Waals surface area contributed by atoms with Gasteiger partial charge in [0.05, 0.1) is 18.6 Å². The molecule has 1 amide bonds. The Morgan fingerprint density at radius 1 is 1.11 bits per heavy atom. The van der Waals surface area contributed by atoms with Gasteiger partial charge in [-0.1, -0.05) is 60.9 Å². The second kappa shape index (κ2) is 8.88. The number of hydrogen-bond donors (Lipinski definition) is 0. The molecule has 1 heterocycles. The van der Waals surface area contributed by atoms with E-state index < -0.39 is 0 Å². The van der Waals surface area contributed by atoms with Crippen LogP contribution in [0.25, 0.3) is 6.08 Å². The summed E-state index contributed by atoms with van der Waals surface area (Å²) >= 11 is 6.72. The van der Waals surface area contributed by atoms with Gasteiger partial charge in [-0.05, 0) is 41.5 Å². The molecule has 2 aromatic rings. The van der Waals surface area contributed by atoms with Gasteiger partial charge >= 0.3 is 0 Å². The summed E-state index contributed by atoms with van der Waals surface area (Å²) in [5.41, 5.74) is 1.92. The number of thioether (sulfide) groups is 1. The van der Waals surface area contributed by atoms with Gasteiger partial charge in [0.15, 0.2) is 0 Å². The Morgan fingerprint density at radius 3 is 2.41 bits per heavy atom. The van der Waals surface area contributed by atoms with Crippen molar-refractivity contribution in [2.75, 3.05) is 13.7 Å². The molecule has 0 spiro atoms. The van der Waals surface area contributed by atoms with E-state index in [9.17, 15) is 4.79 Å². The number of rotatable bonds is 7. The molecule has 4 nitrogen and oxygen atoms in total. The van der Waals surface area contributed by atoms with Gasteiger partial charge in [0, 0.05) is 0 Å². The summed E-state index contributed by atoms with van der Waals surface area (Å²) in [6, 6.07) is 15.2. The van der Waals surface area contributed by atoms with E-state index in [0.29, 0.717) is 22.4 Å². The van der Waals surface area contributed by atoms with Crippen molar-refractivity contribution in [3.8, 4) is 11.5 Å². The first-order valence-corrected chi connectivity index (χ1v) is 9.55. The predicted molar refractivity (Wildman–Crippen MR) is 114 cm³/mol. The Bertz CT molecular complexity index is 873. The molecular weight excluding hydrogens is 378 g/mol. The summed E-state index contributed by atoms with van der Waals surface area (Å²) in [6.45, 7) is 4.53. The highest BCUT2D eigenvalue weighted by Crippen LogP contribution is 2.34. The molecule has 1 saturated heterocycles. The molecule has 0 aromatic heterocycles. The van der Waals surface area contributed by atoms with Crippen molar-refractivity contribution < 1.29 is 14.3 Å². The third-order valence-electron chi connectivity index (χ3n) is 3.92. The van der Waals surface area contributed by atoms with Crippen molar-refractivity contribution >= 4 is 40.3 Å². The van der Waals surface area contributed by atoms with Gasteiger partial charge in [0.2, 0.25) is 0 Å². The van der Waals surface area contributed by atoms with E-state index in [1.165, 1.54) is 11.8 Å². The Morgan fingerprint density at radius 2 is 1.78 bits per heavy atom. The van der Waals surface area contributed by atoms with Crippen molar-refractivity contribution in [3.63, 3.8) is 0 Å². The summed E-state index contributed by atoms with van der Waals surface area (Å²) in [6.07, 6.45) is 3.55. The summed E-state index contributed by atoms with van der Waals surface area (Å²) in [4.78, 5) is 15.0. The Kier molecular flexibility index (Phi) is 6.32. The number of nitrogens with zero attached hydrogens (tertiary/aromatic N) is 1.